The molecule has 440 valence electrons. The van der Waals surface area contributed by atoms with E-state index in [-0.39, 0.29) is 18.5 Å². The average molecular weight is 1050 g/mol. The number of nitrogens with one attached hydrogen (secondary N) is 1. The fraction of sp³-hybridized carbons (Fsp3) is 0.855. The van der Waals surface area contributed by atoms with Crippen LogP contribution in [0.25, 0.3) is 0 Å². The van der Waals surface area contributed by atoms with Crippen LogP contribution >= 0.6 is 0 Å². The van der Waals surface area contributed by atoms with E-state index in [1.807, 2.05) is 6.08 Å². The summed E-state index contributed by atoms with van der Waals surface area (Å²) in [6.45, 7) is 4.89. The first-order valence-corrected chi connectivity index (χ1v) is 33.4. The molecular formula is C69H129NO5. The number of ether oxygens (including phenoxy) is 1. The van der Waals surface area contributed by atoms with Crippen LogP contribution in [0.4, 0.5) is 0 Å². The van der Waals surface area contributed by atoms with Gasteiger partial charge in [0.05, 0.1) is 25.4 Å². The van der Waals surface area contributed by atoms with Crippen molar-refractivity contribution in [1.82, 2.24) is 5.32 Å². The SMILES string of the molecule is CCCCCC/C=C\C/C=C\CCCCCCCC(=O)OCCCCCCCCCCC/C=C\CCCCCCCCCC(=O)NC(CO)C(O)/C=C/CCCCCCCCCCCCCCCCCCCCCC. The van der Waals surface area contributed by atoms with Gasteiger partial charge in [0.25, 0.3) is 0 Å². The van der Waals surface area contributed by atoms with E-state index in [0.29, 0.717) is 19.4 Å². The molecule has 1 amide bonds. The summed E-state index contributed by atoms with van der Waals surface area (Å²) in [5, 5.41) is 23.2. The summed E-state index contributed by atoms with van der Waals surface area (Å²) in [4.78, 5) is 24.6. The van der Waals surface area contributed by atoms with Gasteiger partial charge in [0.1, 0.15) is 0 Å². The van der Waals surface area contributed by atoms with Crippen LogP contribution in [0.5, 0.6) is 0 Å². The van der Waals surface area contributed by atoms with Gasteiger partial charge in [-0.3, -0.25) is 9.59 Å². The minimum Gasteiger partial charge on any atom is -0.466 e. The molecular weight excluding hydrogens is 923 g/mol. The Morgan fingerprint density at radius 1 is 0.373 bits per heavy atom. The molecule has 0 saturated carbocycles. The van der Waals surface area contributed by atoms with E-state index in [2.05, 4.69) is 55.6 Å². The zero-order chi connectivity index (χ0) is 54.3. The third kappa shape index (κ3) is 60.9. The summed E-state index contributed by atoms with van der Waals surface area (Å²) >= 11 is 0. The molecule has 75 heavy (non-hydrogen) atoms. The van der Waals surface area contributed by atoms with Gasteiger partial charge in [0.2, 0.25) is 5.91 Å². The van der Waals surface area contributed by atoms with Crippen molar-refractivity contribution in [1.29, 1.82) is 0 Å². The van der Waals surface area contributed by atoms with Gasteiger partial charge in [0, 0.05) is 12.8 Å². The fourth-order valence-corrected chi connectivity index (χ4v) is 10.2. The third-order valence-corrected chi connectivity index (χ3v) is 15.3. The highest BCUT2D eigenvalue weighted by Gasteiger charge is 2.18. The molecule has 0 aromatic carbocycles. The second kappa shape index (κ2) is 64.3. The molecule has 0 fully saturated rings. The van der Waals surface area contributed by atoms with Crippen molar-refractivity contribution in [3.63, 3.8) is 0 Å². The molecule has 0 spiro atoms. The molecule has 0 aromatic heterocycles. The lowest BCUT2D eigenvalue weighted by Gasteiger charge is -2.20. The van der Waals surface area contributed by atoms with Gasteiger partial charge >= 0.3 is 5.97 Å². The average Bonchev–Trinajstić information content (AvgIpc) is 3.41. The van der Waals surface area contributed by atoms with Gasteiger partial charge < -0.3 is 20.3 Å². The highest BCUT2D eigenvalue weighted by atomic mass is 16.5. The Kier molecular flexibility index (Phi) is 62.5. The Hall–Kier alpha value is -2.18. The number of rotatable bonds is 62. The summed E-state index contributed by atoms with van der Waals surface area (Å²) in [5.41, 5.74) is 0. The first-order valence-electron chi connectivity index (χ1n) is 33.4. The molecule has 0 rings (SSSR count). The molecule has 0 radical (unpaired) electrons. The maximum atomic E-state index is 12.5. The summed E-state index contributed by atoms with van der Waals surface area (Å²) in [7, 11) is 0. The van der Waals surface area contributed by atoms with Crippen LogP contribution < -0.4 is 5.32 Å². The Labute approximate surface area is 467 Å². The van der Waals surface area contributed by atoms with Crippen molar-refractivity contribution in [3.05, 3.63) is 48.6 Å². The smallest absolute Gasteiger partial charge is 0.305 e. The summed E-state index contributed by atoms with van der Waals surface area (Å²) in [6, 6.07) is -0.637. The molecule has 6 heteroatoms. The Bertz CT molecular complexity index is 1260. The molecule has 0 aliphatic heterocycles. The number of amides is 1. The van der Waals surface area contributed by atoms with Gasteiger partial charge in [-0.1, -0.05) is 300 Å². The number of allylic oxidation sites excluding steroid dienone is 7. The van der Waals surface area contributed by atoms with E-state index in [4.69, 9.17) is 4.74 Å². The number of carbonyl (C=O) groups is 2. The third-order valence-electron chi connectivity index (χ3n) is 15.3. The van der Waals surface area contributed by atoms with Crippen LogP contribution in [-0.4, -0.2) is 47.4 Å². The van der Waals surface area contributed by atoms with Crippen LogP contribution in [-0.2, 0) is 14.3 Å². The van der Waals surface area contributed by atoms with Crippen molar-refractivity contribution in [2.45, 2.75) is 366 Å². The van der Waals surface area contributed by atoms with E-state index in [9.17, 15) is 19.8 Å². The van der Waals surface area contributed by atoms with E-state index >= 15 is 0 Å². The monoisotopic (exact) mass is 1050 g/mol. The number of aliphatic hydroxyl groups is 2. The molecule has 2 unspecified atom stereocenters. The van der Waals surface area contributed by atoms with Crippen LogP contribution in [0, 0.1) is 0 Å². The van der Waals surface area contributed by atoms with E-state index in [1.54, 1.807) is 6.08 Å². The quantitative estimate of drug-likeness (QED) is 0.0320. The number of carbonyl (C=O) groups excluding carboxylic acids is 2. The lowest BCUT2D eigenvalue weighted by Crippen LogP contribution is -2.45. The van der Waals surface area contributed by atoms with E-state index in [0.717, 1.165) is 57.8 Å². The first-order chi connectivity index (χ1) is 37.0. The molecule has 0 saturated heterocycles. The molecule has 0 aliphatic rings. The van der Waals surface area contributed by atoms with Crippen molar-refractivity contribution < 1.29 is 24.5 Å². The lowest BCUT2D eigenvalue weighted by atomic mass is 10.0. The summed E-state index contributed by atoms with van der Waals surface area (Å²) in [6.07, 6.45) is 83.0. The van der Waals surface area contributed by atoms with E-state index in [1.165, 1.54) is 270 Å². The lowest BCUT2D eigenvalue weighted by molar-refractivity contribution is -0.143. The maximum Gasteiger partial charge on any atom is 0.305 e. The maximum absolute atomic E-state index is 12.5. The van der Waals surface area contributed by atoms with Gasteiger partial charge in [-0.2, -0.15) is 0 Å². The Morgan fingerprint density at radius 2 is 0.667 bits per heavy atom. The van der Waals surface area contributed by atoms with Gasteiger partial charge in [0.15, 0.2) is 0 Å². The van der Waals surface area contributed by atoms with Crippen molar-refractivity contribution >= 4 is 11.9 Å². The second-order valence-corrected chi connectivity index (χ2v) is 22.8. The number of hydrogen-bond donors (Lipinski definition) is 3. The minimum absolute atomic E-state index is 0.00779. The largest absolute Gasteiger partial charge is 0.466 e. The summed E-state index contributed by atoms with van der Waals surface area (Å²) < 4.78 is 5.48. The topological polar surface area (TPSA) is 95.9 Å². The highest BCUT2D eigenvalue weighted by Crippen LogP contribution is 2.17. The molecule has 0 aromatic rings. The number of hydrogen-bond acceptors (Lipinski definition) is 5. The zero-order valence-electron chi connectivity index (χ0n) is 50.3. The molecule has 0 bridgehead atoms. The molecule has 0 heterocycles. The number of esters is 1. The predicted octanol–water partition coefficient (Wildman–Crippen LogP) is 21.3. The molecule has 0 aliphatic carbocycles. The predicted molar refractivity (Wildman–Crippen MR) is 329 cm³/mol. The second-order valence-electron chi connectivity index (χ2n) is 22.8. The van der Waals surface area contributed by atoms with Crippen molar-refractivity contribution in [2.75, 3.05) is 13.2 Å². The van der Waals surface area contributed by atoms with Gasteiger partial charge in [-0.25, -0.2) is 0 Å². The molecule has 2 atom stereocenters. The Balaban J connectivity index is 3.47. The van der Waals surface area contributed by atoms with Crippen molar-refractivity contribution in [3.8, 4) is 0 Å². The van der Waals surface area contributed by atoms with E-state index < -0.39 is 12.1 Å². The minimum atomic E-state index is -0.852. The van der Waals surface area contributed by atoms with Crippen LogP contribution in [0.3, 0.4) is 0 Å². The highest BCUT2D eigenvalue weighted by molar-refractivity contribution is 5.76. The van der Waals surface area contributed by atoms with Crippen LogP contribution in [0.15, 0.2) is 48.6 Å². The molecule has 3 N–H and O–H groups in total. The van der Waals surface area contributed by atoms with Gasteiger partial charge in [-0.05, 0) is 89.9 Å². The van der Waals surface area contributed by atoms with Gasteiger partial charge in [-0.15, -0.1) is 0 Å². The van der Waals surface area contributed by atoms with Crippen LogP contribution in [0.2, 0.25) is 0 Å². The standard InChI is InChI=1S/C69H129NO5/c1-3-5-7-9-11-13-15-17-19-21-22-23-24-27-30-33-37-41-45-49-53-57-61-67(72)66(65-71)70-68(73)62-58-54-50-46-42-38-34-31-28-25-26-29-32-36-40-44-48-52-56-60-64-75-69(74)63-59-55-51-47-43-39-35-20-18-16-14-12-10-8-6-4-2/h14,16,20,25,28,35,57,61,66-67,71-72H,3-13,15,17-19,21-24,26-27,29-34,36-56,58-60,62-65H2,1-2H3,(H,70,73)/b16-14-,28-25-,35-20-,61-57+. The summed E-state index contributed by atoms with van der Waals surface area (Å²) in [5.74, 6) is -0.0821. The number of unbranched alkanes of at least 4 members (excludes halogenated alkanes) is 45. The fourth-order valence-electron chi connectivity index (χ4n) is 10.2. The van der Waals surface area contributed by atoms with Crippen LogP contribution in [0.1, 0.15) is 354 Å². The zero-order valence-corrected chi connectivity index (χ0v) is 50.3. The Morgan fingerprint density at radius 3 is 1.04 bits per heavy atom. The number of aliphatic hydroxyl groups excluding tert-OH is 2. The first kappa shape index (κ1) is 72.8. The molecule has 6 nitrogen and oxygen atoms in total. The van der Waals surface area contributed by atoms with Crippen molar-refractivity contribution in [2.24, 2.45) is 0 Å². The normalized spacial score (nSPS) is 12.9.